The molecule has 0 fully saturated rings. The van der Waals surface area contributed by atoms with Gasteiger partial charge in [0.25, 0.3) is 0 Å². The second-order valence-electron chi connectivity index (χ2n) is 3.50. The fourth-order valence-electron chi connectivity index (χ4n) is 1.23. The molecule has 0 aliphatic carbocycles. The van der Waals surface area contributed by atoms with Crippen molar-refractivity contribution in [2.45, 2.75) is 19.1 Å². The molecule has 0 heterocycles. The number of rotatable bonds is 7. The first-order chi connectivity index (χ1) is 7.83. The molecule has 1 atom stereocenters. The maximum Gasteiger partial charge on any atom is 0.0716 e. The average molecular weight is 220 g/mol. The number of azide groups is 1. The van der Waals surface area contributed by atoms with Gasteiger partial charge in [-0.1, -0.05) is 35.4 Å². The van der Waals surface area contributed by atoms with E-state index < -0.39 is 0 Å². The zero-order valence-corrected chi connectivity index (χ0v) is 9.12. The summed E-state index contributed by atoms with van der Waals surface area (Å²) in [5.41, 5.74) is 14.9. The molecule has 0 amide bonds. The Balaban J connectivity index is 2.10. The third-order valence-corrected chi connectivity index (χ3v) is 2.12. The third-order valence-electron chi connectivity index (χ3n) is 2.12. The van der Waals surface area contributed by atoms with E-state index in [9.17, 15) is 0 Å². The molecular formula is C11H16N4O. The minimum atomic E-state index is -0.119. The lowest BCUT2D eigenvalue weighted by Crippen LogP contribution is -2.24. The van der Waals surface area contributed by atoms with Crippen molar-refractivity contribution in [3.63, 3.8) is 0 Å². The van der Waals surface area contributed by atoms with Gasteiger partial charge >= 0.3 is 0 Å². The number of nitrogens with zero attached hydrogens (tertiary/aromatic N) is 3. The molecule has 0 unspecified atom stereocenters. The Kier molecular flexibility index (Phi) is 6.03. The zero-order chi connectivity index (χ0) is 11.6. The van der Waals surface area contributed by atoms with E-state index in [1.54, 1.807) is 0 Å². The highest BCUT2D eigenvalue weighted by atomic mass is 16.5. The molecule has 0 spiro atoms. The maximum atomic E-state index is 8.11. The third kappa shape index (κ3) is 5.36. The molecule has 0 aliphatic rings. The molecule has 86 valence electrons. The van der Waals surface area contributed by atoms with Gasteiger partial charge < -0.3 is 10.5 Å². The van der Waals surface area contributed by atoms with Crippen molar-refractivity contribution in [1.29, 1.82) is 0 Å². The van der Waals surface area contributed by atoms with Crippen molar-refractivity contribution >= 4 is 0 Å². The first kappa shape index (κ1) is 12.5. The van der Waals surface area contributed by atoms with Crippen molar-refractivity contribution in [3.05, 3.63) is 46.3 Å². The summed E-state index contributed by atoms with van der Waals surface area (Å²) in [6.07, 6.45) is 0.700. The van der Waals surface area contributed by atoms with Gasteiger partial charge in [-0.05, 0) is 17.5 Å². The highest BCUT2D eigenvalue weighted by Crippen LogP contribution is 2.01. The Bertz CT molecular complexity index is 335. The van der Waals surface area contributed by atoms with Crippen molar-refractivity contribution in [2.75, 3.05) is 13.2 Å². The van der Waals surface area contributed by atoms with E-state index in [4.69, 9.17) is 16.0 Å². The number of nitrogens with two attached hydrogens (primary N) is 1. The summed E-state index contributed by atoms with van der Waals surface area (Å²) in [6, 6.07) is 9.84. The van der Waals surface area contributed by atoms with Crippen LogP contribution in [0.2, 0.25) is 0 Å². The Hall–Kier alpha value is -1.55. The summed E-state index contributed by atoms with van der Waals surface area (Å²) in [5.74, 6) is 0. The molecule has 0 radical (unpaired) electrons. The standard InChI is InChI=1S/C11H16N4O/c12-11(8-14-15-13)6-7-16-9-10-4-2-1-3-5-10/h1-5,11H,6-9,12H2/t11-/m0/s1. The molecule has 2 N–H and O–H groups in total. The fraction of sp³-hybridized carbons (Fsp3) is 0.455. The van der Waals surface area contributed by atoms with Crippen LogP contribution in [-0.2, 0) is 11.3 Å². The van der Waals surface area contributed by atoms with E-state index in [0.29, 0.717) is 26.2 Å². The predicted molar refractivity (Wildman–Crippen MR) is 62.7 cm³/mol. The molecule has 5 nitrogen and oxygen atoms in total. The van der Waals surface area contributed by atoms with Crippen LogP contribution >= 0.6 is 0 Å². The predicted octanol–water partition coefficient (Wildman–Crippen LogP) is 2.23. The maximum absolute atomic E-state index is 8.11. The molecular weight excluding hydrogens is 204 g/mol. The number of ether oxygens (including phenoxy) is 1. The van der Waals surface area contributed by atoms with Crippen LogP contribution in [0.25, 0.3) is 10.4 Å². The fourth-order valence-corrected chi connectivity index (χ4v) is 1.23. The van der Waals surface area contributed by atoms with E-state index in [1.807, 2.05) is 30.3 Å². The highest BCUT2D eigenvalue weighted by Gasteiger charge is 2.00. The number of benzene rings is 1. The van der Waals surface area contributed by atoms with Crippen molar-refractivity contribution in [3.8, 4) is 0 Å². The Morgan fingerprint density at radius 1 is 1.38 bits per heavy atom. The van der Waals surface area contributed by atoms with Gasteiger partial charge in [0.15, 0.2) is 0 Å². The normalized spacial score (nSPS) is 11.8. The van der Waals surface area contributed by atoms with E-state index in [0.717, 1.165) is 5.56 Å². The Labute approximate surface area is 94.8 Å². The van der Waals surface area contributed by atoms with Gasteiger partial charge in [0.1, 0.15) is 0 Å². The van der Waals surface area contributed by atoms with Gasteiger partial charge in [-0.2, -0.15) is 0 Å². The van der Waals surface area contributed by atoms with Crippen LogP contribution in [0.5, 0.6) is 0 Å². The van der Waals surface area contributed by atoms with Crippen molar-refractivity contribution in [2.24, 2.45) is 10.8 Å². The van der Waals surface area contributed by atoms with Gasteiger partial charge in [0, 0.05) is 24.1 Å². The Morgan fingerprint density at radius 3 is 2.81 bits per heavy atom. The topological polar surface area (TPSA) is 84.0 Å². The van der Waals surface area contributed by atoms with Gasteiger partial charge in [0.2, 0.25) is 0 Å². The molecule has 16 heavy (non-hydrogen) atoms. The summed E-state index contributed by atoms with van der Waals surface area (Å²) in [4.78, 5) is 2.66. The average Bonchev–Trinajstić information content (AvgIpc) is 2.33. The van der Waals surface area contributed by atoms with Gasteiger partial charge in [-0.15, -0.1) is 0 Å². The molecule has 0 bridgehead atoms. The monoisotopic (exact) mass is 220 g/mol. The van der Waals surface area contributed by atoms with Gasteiger partial charge in [-0.3, -0.25) is 0 Å². The summed E-state index contributed by atoms with van der Waals surface area (Å²) in [7, 11) is 0. The lowest BCUT2D eigenvalue weighted by atomic mass is 10.2. The van der Waals surface area contributed by atoms with Crippen LogP contribution in [0.15, 0.2) is 35.4 Å². The first-order valence-corrected chi connectivity index (χ1v) is 5.21. The van der Waals surface area contributed by atoms with E-state index in [1.165, 1.54) is 0 Å². The zero-order valence-electron chi connectivity index (χ0n) is 9.12. The van der Waals surface area contributed by atoms with Crippen LogP contribution in [0, 0.1) is 0 Å². The summed E-state index contributed by atoms with van der Waals surface area (Å²) in [5, 5.41) is 3.41. The van der Waals surface area contributed by atoms with E-state index >= 15 is 0 Å². The van der Waals surface area contributed by atoms with E-state index in [2.05, 4.69) is 10.0 Å². The van der Waals surface area contributed by atoms with Crippen LogP contribution in [0.4, 0.5) is 0 Å². The van der Waals surface area contributed by atoms with Crippen LogP contribution in [0.1, 0.15) is 12.0 Å². The molecule has 0 aromatic heterocycles. The van der Waals surface area contributed by atoms with Crippen LogP contribution in [0.3, 0.4) is 0 Å². The second-order valence-corrected chi connectivity index (χ2v) is 3.50. The first-order valence-electron chi connectivity index (χ1n) is 5.21. The molecule has 1 rings (SSSR count). The smallest absolute Gasteiger partial charge is 0.0716 e. The molecule has 1 aromatic rings. The van der Waals surface area contributed by atoms with Crippen LogP contribution < -0.4 is 5.73 Å². The molecule has 0 saturated heterocycles. The minimum Gasteiger partial charge on any atom is -0.377 e. The largest absolute Gasteiger partial charge is 0.377 e. The van der Waals surface area contributed by atoms with Crippen molar-refractivity contribution < 1.29 is 4.74 Å². The minimum absolute atomic E-state index is 0.119. The van der Waals surface area contributed by atoms with E-state index in [-0.39, 0.29) is 6.04 Å². The lowest BCUT2D eigenvalue weighted by molar-refractivity contribution is 0.114. The lowest BCUT2D eigenvalue weighted by Gasteiger charge is -2.08. The summed E-state index contributed by atoms with van der Waals surface area (Å²) >= 11 is 0. The SMILES string of the molecule is [N-]=[N+]=NC[C@@H](N)CCOCc1ccccc1. The second kappa shape index (κ2) is 7.70. The Morgan fingerprint density at radius 2 is 2.12 bits per heavy atom. The molecule has 5 heteroatoms. The summed E-state index contributed by atoms with van der Waals surface area (Å²) in [6.45, 7) is 1.50. The summed E-state index contributed by atoms with van der Waals surface area (Å²) < 4.78 is 5.46. The van der Waals surface area contributed by atoms with Gasteiger partial charge in [-0.25, -0.2) is 0 Å². The quantitative estimate of drug-likeness (QED) is 0.331. The van der Waals surface area contributed by atoms with Crippen molar-refractivity contribution in [1.82, 2.24) is 0 Å². The number of hydrogen-bond acceptors (Lipinski definition) is 3. The van der Waals surface area contributed by atoms with Gasteiger partial charge in [0.05, 0.1) is 6.61 Å². The molecule has 0 saturated carbocycles. The van der Waals surface area contributed by atoms with Crippen LogP contribution in [-0.4, -0.2) is 19.2 Å². The molecule has 0 aliphatic heterocycles. The number of hydrogen-bond donors (Lipinski definition) is 1. The molecule has 1 aromatic carbocycles. The highest BCUT2D eigenvalue weighted by molar-refractivity contribution is 5.13.